The van der Waals surface area contributed by atoms with Gasteiger partial charge in [0, 0.05) is 19.6 Å². The molecular weight excluding hydrogens is 140 g/mol. The van der Waals surface area contributed by atoms with Crippen molar-refractivity contribution in [3.05, 3.63) is 0 Å². The Balaban J connectivity index is 1.99. The molecule has 1 heterocycles. The molecule has 1 aliphatic heterocycles. The van der Waals surface area contributed by atoms with Crippen LogP contribution in [-0.2, 0) is 4.74 Å². The highest BCUT2D eigenvalue weighted by Gasteiger charge is 2.20. The van der Waals surface area contributed by atoms with E-state index in [1.54, 1.807) is 0 Å². The molecular formula is C8H18N2O. The monoisotopic (exact) mass is 158 g/mol. The molecule has 2 unspecified atom stereocenters. The highest BCUT2D eigenvalue weighted by Crippen LogP contribution is 2.17. The van der Waals surface area contributed by atoms with Crippen LogP contribution in [0.15, 0.2) is 0 Å². The molecule has 3 heteroatoms. The molecule has 0 spiro atoms. The molecule has 0 bridgehead atoms. The molecule has 0 radical (unpaired) electrons. The molecule has 1 aliphatic rings. The first-order chi connectivity index (χ1) is 5.33. The van der Waals surface area contributed by atoms with Crippen molar-refractivity contribution in [3.63, 3.8) is 0 Å². The minimum atomic E-state index is 0.458. The summed E-state index contributed by atoms with van der Waals surface area (Å²) in [6, 6.07) is 0. The zero-order chi connectivity index (χ0) is 8.10. The molecule has 1 fully saturated rings. The second-order valence-electron chi connectivity index (χ2n) is 3.24. The van der Waals surface area contributed by atoms with E-state index in [2.05, 4.69) is 12.2 Å². The third-order valence-corrected chi connectivity index (χ3v) is 2.04. The minimum absolute atomic E-state index is 0.458. The lowest BCUT2D eigenvalue weighted by Crippen LogP contribution is -2.28. The fraction of sp³-hybridized carbons (Fsp3) is 1.00. The van der Waals surface area contributed by atoms with Crippen LogP contribution < -0.4 is 11.1 Å². The van der Waals surface area contributed by atoms with Gasteiger partial charge in [0.1, 0.15) is 0 Å². The smallest absolute Gasteiger partial charge is 0.0551 e. The van der Waals surface area contributed by atoms with Crippen molar-refractivity contribution in [3.8, 4) is 0 Å². The summed E-state index contributed by atoms with van der Waals surface area (Å²) in [4.78, 5) is 0. The standard InChI is InChI=1S/C8H18N2O/c1-7-4-8(6-11-7)5-10-3-2-9/h7-8,10H,2-6,9H2,1H3. The highest BCUT2D eigenvalue weighted by molar-refractivity contribution is 4.71. The van der Waals surface area contributed by atoms with Crippen molar-refractivity contribution < 1.29 is 4.74 Å². The number of hydrogen-bond acceptors (Lipinski definition) is 3. The maximum absolute atomic E-state index is 5.42. The van der Waals surface area contributed by atoms with Crippen molar-refractivity contribution in [1.82, 2.24) is 5.32 Å². The van der Waals surface area contributed by atoms with Gasteiger partial charge in [-0.05, 0) is 19.3 Å². The van der Waals surface area contributed by atoms with Gasteiger partial charge in [0.05, 0.1) is 12.7 Å². The molecule has 1 rings (SSSR count). The van der Waals surface area contributed by atoms with Crippen LogP contribution in [0.1, 0.15) is 13.3 Å². The first-order valence-corrected chi connectivity index (χ1v) is 4.35. The summed E-state index contributed by atoms with van der Waals surface area (Å²) in [5.74, 6) is 0.705. The summed E-state index contributed by atoms with van der Waals surface area (Å²) in [6.45, 7) is 5.75. The molecule has 11 heavy (non-hydrogen) atoms. The number of rotatable bonds is 4. The van der Waals surface area contributed by atoms with Crippen LogP contribution in [0, 0.1) is 5.92 Å². The Morgan fingerprint density at radius 2 is 2.45 bits per heavy atom. The summed E-state index contributed by atoms with van der Waals surface area (Å²) in [6.07, 6.45) is 1.65. The summed E-state index contributed by atoms with van der Waals surface area (Å²) in [5, 5.41) is 3.29. The molecule has 0 aliphatic carbocycles. The molecule has 1 saturated heterocycles. The van der Waals surface area contributed by atoms with Gasteiger partial charge in [-0.25, -0.2) is 0 Å². The zero-order valence-corrected chi connectivity index (χ0v) is 7.18. The van der Waals surface area contributed by atoms with Crippen molar-refractivity contribution in [2.75, 3.05) is 26.2 Å². The molecule has 2 atom stereocenters. The van der Waals surface area contributed by atoms with Crippen molar-refractivity contribution in [1.29, 1.82) is 0 Å². The van der Waals surface area contributed by atoms with Crippen LogP contribution in [0.3, 0.4) is 0 Å². The minimum Gasteiger partial charge on any atom is -0.378 e. The van der Waals surface area contributed by atoms with E-state index in [4.69, 9.17) is 10.5 Å². The van der Waals surface area contributed by atoms with Gasteiger partial charge in [0.25, 0.3) is 0 Å². The van der Waals surface area contributed by atoms with Crippen molar-refractivity contribution in [2.24, 2.45) is 11.7 Å². The molecule has 66 valence electrons. The third kappa shape index (κ3) is 3.18. The highest BCUT2D eigenvalue weighted by atomic mass is 16.5. The Hall–Kier alpha value is -0.120. The Morgan fingerprint density at radius 1 is 1.64 bits per heavy atom. The van der Waals surface area contributed by atoms with Gasteiger partial charge in [-0.3, -0.25) is 0 Å². The second kappa shape index (κ2) is 4.70. The normalized spacial score (nSPS) is 31.1. The molecule has 0 aromatic heterocycles. The van der Waals surface area contributed by atoms with Crippen LogP contribution in [0.4, 0.5) is 0 Å². The Morgan fingerprint density at radius 3 is 3.00 bits per heavy atom. The molecule has 0 aromatic carbocycles. The topological polar surface area (TPSA) is 47.3 Å². The van der Waals surface area contributed by atoms with Crippen molar-refractivity contribution in [2.45, 2.75) is 19.4 Å². The Kier molecular flexibility index (Phi) is 3.83. The van der Waals surface area contributed by atoms with Crippen LogP contribution in [0.25, 0.3) is 0 Å². The Bertz CT molecular complexity index is 108. The fourth-order valence-corrected chi connectivity index (χ4v) is 1.46. The largest absolute Gasteiger partial charge is 0.378 e. The van der Waals surface area contributed by atoms with Gasteiger partial charge in [0.2, 0.25) is 0 Å². The predicted molar refractivity (Wildman–Crippen MR) is 45.4 cm³/mol. The van der Waals surface area contributed by atoms with E-state index in [-0.39, 0.29) is 0 Å². The van der Waals surface area contributed by atoms with E-state index in [1.165, 1.54) is 6.42 Å². The van der Waals surface area contributed by atoms with Gasteiger partial charge >= 0.3 is 0 Å². The van der Waals surface area contributed by atoms with Crippen molar-refractivity contribution >= 4 is 0 Å². The lowest BCUT2D eigenvalue weighted by atomic mass is 10.1. The molecule has 3 N–H and O–H groups in total. The SMILES string of the molecule is CC1CC(CNCCN)CO1. The van der Waals surface area contributed by atoms with Crippen LogP contribution >= 0.6 is 0 Å². The molecule has 0 aromatic rings. The summed E-state index contributed by atoms with van der Waals surface area (Å²) in [7, 11) is 0. The predicted octanol–water partition coefficient (Wildman–Crippen LogP) is -0.0403. The zero-order valence-electron chi connectivity index (χ0n) is 7.18. The van der Waals surface area contributed by atoms with Gasteiger partial charge in [-0.2, -0.15) is 0 Å². The van der Waals surface area contributed by atoms with E-state index in [0.29, 0.717) is 12.0 Å². The first-order valence-electron chi connectivity index (χ1n) is 4.35. The number of ether oxygens (including phenoxy) is 1. The van der Waals surface area contributed by atoms with E-state index < -0.39 is 0 Å². The van der Waals surface area contributed by atoms with E-state index in [1.807, 2.05) is 0 Å². The molecule has 0 saturated carbocycles. The van der Waals surface area contributed by atoms with E-state index >= 15 is 0 Å². The number of hydrogen-bond donors (Lipinski definition) is 2. The van der Waals surface area contributed by atoms with E-state index in [9.17, 15) is 0 Å². The van der Waals surface area contributed by atoms with E-state index in [0.717, 1.165) is 26.2 Å². The van der Waals surface area contributed by atoms with Crippen LogP contribution in [-0.4, -0.2) is 32.3 Å². The maximum atomic E-state index is 5.42. The lowest BCUT2D eigenvalue weighted by Gasteiger charge is -2.07. The fourth-order valence-electron chi connectivity index (χ4n) is 1.46. The summed E-state index contributed by atoms with van der Waals surface area (Å²) < 4.78 is 5.42. The van der Waals surface area contributed by atoms with Gasteiger partial charge in [-0.1, -0.05) is 0 Å². The number of nitrogens with one attached hydrogen (secondary N) is 1. The number of nitrogens with two attached hydrogens (primary N) is 1. The van der Waals surface area contributed by atoms with Gasteiger partial charge in [0.15, 0.2) is 0 Å². The van der Waals surface area contributed by atoms with Crippen LogP contribution in [0.2, 0.25) is 0 Å². The average molecular weight is 158 g/mol. The second-order valence-corrected chi connectivity index (χ2v) is 3.24. The van der Waals surface area contributed by atoms with Gasteiger partial charge in [-0.15, -0.1) is 0 Å². The third-order valence-electron chi connectivity index (χ3n) is 2.04. The molecule has 3 nitrogen and oxygen atoms in total. The maximum Gasteiger partial charge on any atom is 0.0551 e. The first kappa shape index (κ1) is 8.97. The molecule has 0 amide bonds. The van der Waals surface area contributed by atoms with Gasteiger partial charge < -0.3 is 15.8 Å². The average Bonchev–Trinajstić information content (AvgIpc) is 2.37. The summed E-state index contributed by atoms with van der Waals surface area (Å²) >= 11 is 0. The Labute approximate surface area is 68.3 Å². The summed E-state index contributed by atoms with van der Waals surface area (Å²) in [5.41, 5.74) is 5.35. The quantitative estimate of drug-likeness (QED) is 0.564. The lowest BCUT2D eigenvalue weighted by molar-refractivity contribution is 0.120. The van der Waals surface area contributed by atoms with Crippen LogP contribution in [0.5, 0.6) is 0 Å².